The highest BCUT2D eigenvalue weighted by molar-refractivity contribution is 5.74. The van der Waals surface area contributed by atoms with Crippen LogP contribution in [0.2, 0.25) is 0 Å². The maximum Gasteiger partial charge on any atom is 0.389 e. The van der Waals surface area contributed by atoms with Crippen molar-refractivity contribution in [1.29, 1.82) is 0 Å². The Morgan fingerprint density at radius 3 is 1.85 bits per heavy atom. The van der Waals surface area contributed by atoms with Crippen LogP contribution in [0.3, 0.4) is 0 Å². The normalized spacial score (nSPS) is 16.7. The minimum absolute atomic E-state index is 0.0212. The third-order valence-corrected chi connectivity index (χ3v) is 4.38. The van der Waals surface area contributed by atoms with E-state index in [0.29, 0.717) is 19.1 Å². The molecule has 2 saturated heterocycles. The fraction of sp³-hybridized carbons (Fsp3) is 0.500. The van der Waals surface area contributed by atoms with Crippen molar-refractivity contribution >= 4 is 17.5 Å². The maximum absolute atomic E-state index is 10.9. The van der Waals surface area contributed by atoms with Crippen molar-refractivity contribution in [3.05, 3.63) is 44.8 Å². The number of hydrogen-bond acceptors (Lipinski definition) is 8. The third kappa shape index (κ3) is 4.08. The zero-order valence-electron chi connectivity index (χ0n) is 14.5. The molecule has 1 amide bonds. The van der Waals surface area contributed by atoms with Crippen molar-refractivity contribution in [1.82, 2.24) is 29.8 Å². The molecule has 27 heavy (non-hydrogen) atoms. The molecule has 0 unspecified atom stereocenters. The summed E-state index contributed by atoms with van der Waals surface area (Å²) >= 11 is 0. The molecule has 13 heteroatoms. The van der Waals surface area contributed by atoms with Crippen LogP contribution in [-0.4, -0.2) is 66.4 Å². The molecule has 0 radical (unpaired) electrons. The van der Waals surface area contributed by atoms with Crippen molar-refractivity contribution in [3.8, 4) is 0 Å². The van der Waals surface area contributed by atoms with Crippen LogP contribution in [0.25, 0.3) is 0 Å². The summed E-state index contributed by atoms with van der Waals surface area (Å²) in [6.45, 7) is 4.35. The van der Waals surface area contributed by atoms with E-state index in [1.807, 2.05) is 0 Å². The van der Waals surface area contributed by atoms with Crippen molar-refractivity contribution in [2.24, 2.45) is 0 Å². The molecule has 0 bridgehead atoms. The van der Waals surface area contributed by atoms with E-state index in [1.165, 1.54) is 23.7 Å². The van der Waals surface area contributed by atoms with E-state index >= 15 is 0 Å². The van der Waals surface area contributed by atoms with Crippen LogP contribution < -0.4 is 5.32 Å². The van der Waals surface area contributed by atoms with Gasteiger partial charge in [0.15, 0.2) is 0 Å². The SMILES string of the molecule is CC(=O)N1CC(n2ccc([N+](=O)[O-])n2)C1.O=[N+]([O-])c1ccn(C2CNC2)n1. The number of nitrogens with one attached hydrogen (secondary N) is 1. The van der Waals surface area contributed by atoms with Crippen molar-refractivity contribution in [2.45, 2.75) is 19.0 Å². The molecule has 2 aliphatic rings. The predicted octanol–water partition coefficient (Wildman–Crippen LogP) is 0.130. The van der Waals surface area contributed by atoms with Crippen LogP contribution in [0.1, 0.15) is 19.0 Å². The lowest BCUT2D eigenvalue weighted by molar-refractivity contribution is -0.390. The Labute approximate surface area is 152 Å². The van der Waals surface area contributed by atoms with Gasteiger partial charge in [0.25, 0.3) is 0 Å². The van der Waals surface area contributed by atoms with Gasteiger partial charge in [-0.1, -0.05) is 0 Å². The molecular weight excluding hydrogens is 360 g/mol. The molecule has 0 saturated carbocycles. The Morgan fingerprint density at radius 2 is 1.52 bits per heavy atom. The average Bonchev–Trinajstić information content (AvgIpc) is 3.13. The first-order chi connectivity index (χ1) is 12.8. The summed E-state index contributed by atoms with van der Waals surface area (Å²) in [5.41, 5.74) is 0. The highest BCUT2D eigenvalue weighted by atomic mass is 16.6. The van der Waals surface area contributed by atoms with Gasteiger partial charge in [0.1, 0.15) is 6.04 Å². The lowest BCUT2D eigenvalue weighted by Gasteiger charge is -2.36. The summed E-state index contributed by atoms with van der Waals surface area (Å²) in [5.74, 6) is -0.217. The molecule has 2 aromatic heterocycles. The first-order valence-corrected chi connectivity index (χ1v) is 8.20. The molecule has 4 heterocycles. The monoisotopic (exact) mass is 378 g/mol. The summed E-state index contributed by atoms with van der Waals surface area (Å²) < 4.78 is 3.17. The Bertz CT molecular complexity index is 851. The van der Waals surface area contributed by atoms with Crippen molar-refractivity contribution < 1.29 is 14.6 Å². The summed E-state index contributed by atoms with van der Waals surface area (Å²) in [5, 5.41) is 31.3. The van der Waals surface area contributed by atoms with E-state index in [2.05, 4.69) is 15.5 Å². The Hall–Kier alpha value is -3.35. The van der Waals surface area contributed by atoms with Gasteiger partial charge in [-0.3, -0.25) is 4.79 Å². The number of rotatable bonds is 4. The van der Waals surface area contributed by atoms with Gasteiger partial charge in [-0.05, 0) is 9.85 Å². The van der Waals surface area contributed by atoms with Gasteiger partial charge < -0.3 is 30.4 Å². The zero-order valence-corrected chi connectivity index (χ0v) is 14.5. The van der Waals surface area contributed by atoms with Crippen LogP contribution in [0, 0.1) is 20.2 Å². The average molecular weight is 378 g/mol. The fourth-order valence-corrected chi connectivity index (χ4v) is 2.60. The standard InChI is InChI=1S/C8H10N4O3.C6H8N4O2/c1-6(13)10-4-7(5-10)11-3-2-8(9-11)12(14)15;11-10(12)6-1-2-9(8-6)5-3-7-4-5/h2-3,7H,4-5H2,1H3;1-2,5,7H,3-4H2. The quantitative estimate of drug-likeness (QED) is 0.581. The van der Waals surface area contributed by atoms with E-state index in [9.17, 15) is 25.0 Å². The Morgan fingerprint density at radius 1 is 1.04 bits per heavy atom. The smallest absolute Gasteiger partial charge is 0.358 e. The van der Waals surface area contributed by atoms with Crippen LogP contribution in [0.15, 0.2) is 24.5 Å². The molecule has 1 N–H and O–H groups in total. The molecule has 0 atom stereocenters. The predicted molar refractivity (Wildman–Crippen MR) is 91.0 cm³/mol. The van der Waals surface area contributed by atoms with Gasteiger partial charge in [-0.25, -0.2) is 0 Å². The molecular formula is C14H18N8O5. The molecule has 2 fully saturated rings. The highest BCUT2D eigenvalue weighted by Crippen LogP contribution is 2.21. The minimum atomic E-state index is -0.530. The number of carbonyl (C=O) groups excluding carboxylic acids is 1. The number of likely N-dealkylation sites (tertiary alicyclic amines) is 1. The molecule has 2 aromatic rings. The van der Waals surface area contributed by atoms with E-state index in [-0.39, 0.29) is 23.6 Å². The number of hydrogen-bond donors (Lipinski definition) is 1. The highest BCUT2D eigenvalue weighted by Gasteiger charge is 2.33. The molecule has 0 aromatic carbocycles. The first-order valence-electron chi connectivity index (χ1n) is 8.20. The van der Waals surface area contributed by atoms with E-state index in [1.54, 1.807) is 22.0 Å². The summed E-state index contributed by atoms with van der Waals surface area (Å²) in [6, 6.07) is 3.13. The largest absolute Gasteiger partial charge is 0.389 e. The second kappa shape index (κ2) is 7.49. The molecule has 144 valence electrons. The van der Waals surface area contributed by atoms with Gasteiger partial charge >= 0.3 is 11.6 Å². The second-order valence-corrected chi connectivity index (χ2v) is 6.21. The zero-order chi connectivity index (χ0) is 19.6. The number of aromatic nitrogens is 4. The van der Waals surface area contributed by atoms with Crippen molar-refractivity contribution in [3.63, 3.8) is 0 Å². The van der Waals surface area contributed by atoms with E-state index in [0.717, 1.165) is 13.1 Å². The third-order valence-electron chi connectivity index (χ3n) is 4.38. The second-order valence-electron chi connectivity index (χ2n) is 6.21. The topological polar surface area (TPSA) is 154 Å². The van der Waals surface area contributed by atoms with Crippen LogP contribution in [0.4, 0.5) is 11.6 Å². The Kier molecular flexibility index (Phi) is 5.12. The van der Waals surface area contributed by atoms with Gasteiger partial charge in [-0.15, -0.1) is 0 Å². The van der Waals surface area contributed by atoms with E-state index in [4.69, 9.17) is 0 Å². The lowest BCUT2D eigenvalue weighted by Crippen LogP contribution is -2.49. The summed E-state index contributed by atoms with van der Waals surface area (Å²) in [7, 11) is 0. The lowest BCUT2D eigenvalue weighted by atomic mass is 10.1. The Balaban J connectivity index is 0.000000159. The molecule has 13 nitrogen and oxygen atoms in total. The summed E-state index contributed by atoms with van der Waals surface area (Å²) in [6.07, 6.45) is 3.21. The maximum atomic E-state index is 10.9. The molecule has 4 rings (SSSR count). The van der Waals surface area contributed by atoms with Crippen LogP contribution in [0.5, 0.6) is 0 Å². The van der Waals surface area contributed by atoms with Crippen LogP contribution >= 0.6 is 0 Å². The molecule has 0 spiro atoms. The van der Waals surface area contributed by atoms with Gasteiger partial charge in [0.05, 0.1) is 40.8 Å². The number of nitro groups is 2. The molecule has 0 aliphatic carbocycles. The number of amides is 1. The number of carbonyl (C=O) groups is 1. The number of nitrogens with zero attached hydrogens (tertiary/aromatic N) is 7. The first kappa shape index (κ1) is 18.4. The van der Waals surface area contributed by atoms with Crippen LogP contribution in [-0.2, 0) is 4.79 Å². The summed E-state index contributed by atoms with van der Waals surface area (Å²) in [4.78, 5) is 32.2. The van der Waals surface area contributed by atoms with Gasteiger partial charge in [0.2, 0.25) is 5.91 Å². The fourth-order valence-electron chi connectivity index (χ4n) is 2.60. The minimum Gasteiger partial charge on any atom is -0.358 e. The van der Waals surface area contributed by atoms with E-state index < -0.39 is 9.85 Å². The van der Waals surface area contributed by atoms with Crippen molar-refractivity contribution in [2.75, 3.05) is 26.2 Å². The molecule has 2 aliphatic heterocycles. The van der Waals surface area contributed by atoms with Gasteiger partial charge in [0, 0.05) is 33.1 Å². The van der Waals surface area contributed by atoms with Gasteiger partial charge in [-0.2, -0.15) is 9.36 Å².